The third kappa shape index (κ3) is 2.01. The molecule has 13 heavy (non-hydrogen) atoms. The van der Waals surface area contributed by atoms with Gasteiger partial charge in [0, 0.05) is 25.5 Å². The molecule has 0 spiro atoms. The lowest BCUT2D eigenvalue weighted by molar-refractivity contribution is 0.476. The molecule has 1 fully saturated rings. The summed E-state index contributed by atoms with van der Waals surface area (Å²) in [5.74, 6) is 0.979. The van der Waals surface area contributed by atoms with Crippen LogP contribution in [0.1, 0.15) is 12.8 Å². The molecule has 4 nitrogen and oxygen atoms in total. The molecular weight excluding hydrogens is 164 g/mol. The van der Waals surface area contributed by atoms with Gasteiger partial charge in [-0.05, 0) is 25.9 Å². The van der Waals surface area contributed by atoms with Crippen molar-refractivity contribution in [2.24, 2.45) is 7.05 Å². The lowest BCUT2D eigenvalue weighted by atomic mass is 10.1. The van der Waals surface area contributed by atoms with Gasteiger partial charge in [0.05, 0.1) is 0 Å². The van der Waals surface area contributed by atoms with E-state index in [4.69, 9.17) is 0 Å². The van der Waals surface area contributed by atoms with Gasteiger partial charge in [-0.25, -0.2) is 4.98 Å². The minimum atomic E-state index is 0.586. The van der Waals surface area contributed by atoms with Gasteiger partial charge in [0.1, 0.15) is 0 Å². The zero-order valence-corrected chi connectivity index (χ0v) is 7.95. The van der Waals surface area contributed by atoms with Crippen LogP contribution in [0.4, 0.5) is 5.95 Å². The Labute approximate surface area is 78.4 Å². The monoisotopic (exact) mass is 180 g/mol. The van der Waals surface area contributed by atoms with Gasteiger partial charge in [0.2, 0.25) is 5.95 Å². The zero-order valence-electron chi connectivity index (χ0n) is 7.95. The Hall–Kier alpha value is -1.03. The predicted octanol–water partition coefficient (Wildman–Crippen LogP) is 0.584. The number of hydrogen-bond acceptors (Lipinski definition) is 3. The van der Waals surface area contributed by atoms with Gasteiger partial charge in [-0.1, -0.05) is 0 Å². The first-order valence-electron chi connectivity index (χ1n) is 4.81. The first kappa shape index (κ1) is 8.56. The number of nitrogens with one attached hydrogen (secondary N) is 2. The Bertz CT molecular complexity index is 262. The fourth-order valence-corrected chi connectivity index (χ4v) is 1.65. The van der Waals surface area contributed by atoms with Crippen molar-refractivity contribution in [3.8, 4) is 0 Å². The molecule has 1 aliphatic heterocycles. The van der Waals surface area contributed by atoms with Gasteiger partial charge < -0.3 is 15.2 Å². The third-order valence-electron chi connectivity index (χ3n) is 2.49. The minimum Gasteiger partial charge on any atom is -0.353 e. The molecule has 0 unspecified atom stereocenters. The van der Waals surface area contributed by atoms with Crippen molar-refractivity contribution >= 4 is 5.95 Å². The quantitative estimate of drug-likeness (QED) is 0.699. The molecule has 2 rings (SSSR count). The van der Waals surface area contributed by atoms with E-state index in [1.54, 1.807) is 0 Å². The van der Waals surface area contributed by atoms with Gasteiger partial charge in [0.25, 0.3) is 0 Å². The fraction of sp³-hybridized carbons (Fsp3) is 0.667. The number of rotatable bonds is 2. The van der Waals surface area contributed by atoms with Crippen molar-refractivity contribution in [2.45, 2.75) is 18.9 Å². The molecule has 0 aliphatic carbocycles. The lowest BCUT2D eigenvalue weighted by Gasteiger charge is -2.23. The Morgan fingerprint density at radius 1 is 1.54 bits per heavy atom. The van der Waals surface area contributed by atoms with Crippen LogP contribution in [0.15, 0.2) is 12.4 Å². The maximum atomic E-state index is 4.24. The van der Waals surface area contributed by atoms with E-state index in [9.17, 15) is 0 Å². The van der Waals surface area contributed by atoms with Gasteiger partial charge in [0.15, 0.2) is 0 Å². The molecule has 1 aliphatic rings. The number of aryl methyl sites for hydroxylation is 1. The second kappa shape index (κ2) is 3.79. The van der Waals surface area contributed by atoms with Crippen LogP contribution >= 0.6 is 0 Å². The maximum absolute atomic E-state index is 4.24. The molecule has 72 valence electrons. The van der Waals surface area contributed by atoms with Crippen molar-refractivity contribution in [1.29, 1.82) is 0 Å². The highest BCUT2D eigenvalue weighted by molar-refractivity contribution is 5.27. The first-order chi connectivity index (χ1) is 6.36. The van der Waals surface area contributed by atoms with Gasteiger partial charge in [-0.2, -0.15) is 0 Å². The molecule has 2 heterocycles. The van der Waals surface area contributed by atoms with Crippen LogP contribution in [-0.4, -0.2) is 28.7 Å². The Kier molecular flexibility index (Phi) is 2.49. The topological polar surface area (TPSA) is 41.9 Å². The van der Waals surface area contributed by atoms with Crippen LogP contribution in [-0.2, 0) is 7.05 Å². The molecule has 4 heteroatoms. The highest BCUT2D eigenvalue weighted by Crippen LogP contribution is 2.10. The first-order valence-corrected chi connectivity index (χ1v) is 4.81. The van der Waals surface area contributed by atoms with Crippen LogP contribution in [0.5, 0.6) is 0 Å². The molecule has 0 bridgehead atoms. The summed E-state index contributed by atoms with van der Waals surface area (Å²) in [4.78, 5) is 4.24. The number of piperidine rings is 1. The van der Waals surface area contributed by atoms with E-state index in [-0.39, 0.29) is 0 Å². The molecule has 0 amide bonds. The van der Waals surface area contributed by atoms with Crippen molar-refractivity contribution in [3.63, 3.8) is 0 Å². The van der Waals surface area contributed by atoms with Crippen LogP contribution in [0.25, 0.3) is 0 Å². The summed E-state index contributed by atoms with van der Waals surface area (Å²) in [6, 6.07) is 0.586. The number of nitrogens with zero attached hydrogens (tertiary/aromatic N) is 2. The van der Waals surface area contributed by atoms with Crippen LogP contribution < -0.4 is 10.6 Å². The number of imidazole rings is 1. The van der Waals surface area contributed by atoms with E-state index in [0.717, 1.165) is 19.0 Å². The average Bonchev–Trinajstić information content (AvgIpc) is 2.54. The summed E-state index contributed by atoms with van der Waals surface area (Å²) in [5, 5.41) is 6.78. The van der Waals surface area contributed by atoms with E-state index in [1.165, 1.54) is 12.8 Å². The van der Waals surface area contributed by atoms with Crippen molar-refractivity contribution < 1.29 is 0 Å². The average molecular weight is 180 g/mol. The number of aromatic nitrogens is 2. The second-order valence-corrected chi connectivity index (χ2v) is 3.53. The third-order valence-corrected chi connectivity index (χ3v) is 2.49. The molecule has 0 radical (unpaired) electrons. The number of anilines is 1. The summed E-state index contributed by atoms with van der Waals surface area (Å²) in [5.41, 5.74) is 0. The molecule has 1 aromatic rings. The van der Waals surface area contributed by atoms with Crippen molar-refractivity contribution in [3.05, 3.63) is 12.4 Å². The van der Waals surface area contributed by atoms with E-state index in [0.29, 0.717) is 6.04 Å². The molecule has 1 saturated heterocycles. The van der Waals surface area contributed by atoms with Crippen molar-refractivity contribution in [1.82, 2.24) is 14.9 Å². The van der Waals surface area contributed by atoms with Crippen LogP contribution in [0.2, 0.25) is 0 Å². The SMILES string of the molecule is Cn1ccnc1NC1CCNCC1. The summed E-state index contributed by atoms with van der Waals surface area (Å²) in [6.45, 7) is 2.23. The van der Waals surface area contributed by atoms with Gasteiger partial charge in [-0.3, -0.25) is 0 Å². The minimum absolute atomic E-state index is 0.586. The fourth-order valence-electron chi connectivity index (χ4n) is 1.65. The van der Waals surface area contributed by atoms with Crippen LogP contribution in [0, 0.1) is 0 Å². The molecule has 0 atom stereocenters. The largest absolute Gasteiger partial charge is 0.353 e. The van der Waals surface area contributed by atoms with E-state index in [1.807, 2.05) is 24.0 Å². The Balaban J connectivity index is 1.93. The molecule has 0 saturated carbocycles. The van der Waals surface area contributed by atoms with Crippen LogP contribution in [0.3, 0.4) is 0 Å². The second-order valence-electron chi connectivity index (χ2n) is 3.53. The normalized spacial score (nSPS) is 18.8. The predicted molar refractivity (Wildman–Crippen MR) is 52.7 cm³/mol. The van der Waals surface area contributed by atoms with E-state index in [2.05, 4.69) is 15.6 Å². The summed E-state index contributed by atoms with van der Waals surface area (Å²) >= 11 is 0. The summed E-state index contributed by atoms with van der Waals surface area (Å²) in [7, 11) is 2.01. The number of hydrogen-bond donors (Lipinski definition) is 2. The Morgan fingerprint density at radius 3 is 2.92 bits per heavy atom. The molecule has 1 aromatic heterocycles. The summed E-state index contributed by atoms with van der Waals surface area (Å²) < 4.78 is 2.02. The highest BCUT2D eigenvalue weighted by atomic mass is 15.2. The Morgan fingerprint density at radius 2 is 2.31 bits per heavy atom. The smallest absolute Gasteiger partial charge is 0.202 e. The maximum Gasteiger partial charge on any atom is 0.202 e. The van der Waals surface area contributed by atoms with Gasteiger partial charge in [-0.15, -0.1) is 0 Å². The highest BCUT2D eigenvalue weighted by Gasteiger charge is 2.13. The zero-order chi connectivity index (χ0) is 9.10. The van der Waals surface area contributed by atoms with Crippen molar-refractivity contribution in [2.75, 3.05) is 18.4 Å². The lowest BCUT2D eigenvalue weighted by Crippen LogP contribution is -2.35. The van der Waals surface area contributed by atoms with Gasteiger partial charge >= 0.3 is 0 Å². The molecule has 0 aromatic carbocycles. The molecule has 2 N–H and O–H groups in total. The standard InChI is InChI=1S/C9H16N4/c1-13-7-6-11-9(13)12-8-2-4-10-5-3-8/h6-8,10H,2-5H2,1H3,(H,11,12). The van der Waals surface area contributed by atoms with E-state index >= 15 is 0 Å². The molecular formula is C9H16N4. The van der Waals surface area contributed by atoms with E-state index < -0.39 is 0 Å². The summed E-state index contributed by atoms with van der Waals surface area (Å²) in [6.07, 6.45) is 6.16.